The van der Waals surface area contributed by atoms with Crippen LogP contribution in [-0.2, 0) is 21.5 Å². The van der Waals surface area contributed by atoms with Crippen LogP contribution in [0.3, 0.4) is 0 Å². The molecule has 1 saturated heterocycles. The Labute approximate surface area is 189 Å². The van der Waals surface area contributed by atoms with Crippen LogP contribution in [-0.4, -0.2) is 44.9 Å². The zero-order valence-electron chi connectivity index (χ0n) is 18.5. The smallest absolute Gasteiger partial charge is 0.304 e. The van der Waals surface area contributed by atoms with E-state index in [1.807, 2.05) is 6.92 Å². The fourth-order valence-electron chi connectivity index (χ4n) is 3.80. The molecule has 1 amide bonds. The van der Waals surface area contributed by atoms with E-state index < -0.39 is 16.1 Å². The van der Waals surface area contributed by atoms with Crippen LogP contribution in [0.2, 0.25) is 0 Å². The highest BCUT2D eigenvalue weighted by Gasteiger charge is 2.35. The van der Waals surface area contributed by atoms with Crippen molar-refractivity contribution in [2.75, 3.05) is 30.5 Å². The fraction of sp³-hybridized carbons (Fsp3) is 0.435. The quantitative estimate of drug-likeness (QED) is 0.619. The molecule has 1 N–H and O–H groups in total. The van der Waals surface area contributed by atoms with Crippen molar-refractivity contribution in [3.8, 4) is 5.75 Å². The normalized spacial score (nSPS) is 17.0. The molecule has 2 aromatic carbocycles. The lowest BCUT2D eigenvalue weighted by Gasteiger charge is -2.35. The maximum Gasteiger partial charge on any atom is 0.304 e. The van der Waals surface area contributed by atoms with Crippen LogP contribution in [0.4, 0.5) is 10.1 Å². The Bertz CT molecular complexity index is 997. The molecular weight excluding hydrogens is 433 g/mol. The number of hydrogen-bond donors (Lipinski definition) is 1. The Kier molecular flexibility index (Phi) is 8.09. The highest BCUT2D eigenvalue weighted by atomic mass is 32.2. The summed E-state index contributed by atoms with van der Waals surface area (Å²) in [5.41, 5.74) is 1.34. The number of halogens is 1. The Morgan fingerprint density at radius 1 is 1.16 bits per heavy atom. The Morgan fingerprint density at radius 2 is 1.84 bits per heavy atom. The van der Waals surface area contributed by atoms with Crippen LogP contribution in [0.25, 0.3) is 0 Å². The lowest BCUT2D eigenvalue weighted by molar-refractivity contribution is -0.126. The summed E-state index contributed by atoms with van der Waals surface area (Å²) >= 11 is 0. The average Bonchev–Trinajstić information content (AvgIpc) is 2.80. The molecule has 1 heterocycles. The van der Waals surface area contributed by atoms with Gasteiger partial charge in [0.15, 0.2) is 0 Å². The number of carbonyl (C=O) groups excluding carboxylic acids is 1. The molecule has 2 aromatic rings. The SMILES string of the molecule is CCOc1ccc(N(CC)S(=O)(=O)N2CCC[C@@H](C(=O)NCc3ccc(F)cc3)C2)cc1. The van der Waals surface area contributed by atoms with Gasteiger partial charge in [0, 0.05) is 26.2 Å². The number of rotatable bonds is 9. The van der Waals surface area contributed by atoms with Crippen LogP contribution in [0.15, 0.2) is 48.5 Å². The summed E-state index contributed by atoms with van der Waals surface area (Å²) in [5.74, 6) is -0.280. The summed E-state index contributed by atoms with van der Waals surface area (Å²) in [7, 11) is -3.79. The zero-order chi connectivity index (χ0) is 23.1. The minimum absolute atomic E-state index is 0.130. The van der Waals surface area contributed by atoms with E-state index in [4.69, 9.17) is 4.74 Å². The first-order valence-corrected chi connectivity index (χ1v) is 12.3. The molecule has 0 unspecified atom stereocenters. The van der Waals surface area contributed by atoms with E-state index in [2.05, 4.69) is 5.32 Å². The van der Waals surface area contributed by atoms with E-state index in [1.54, 1.807) is 43.3 Å². The second-order valence-electron chi connectivity index (χ2n) is 7.64. The molecule has 1 aliphatic rings. The number of anilines is 1. The lowest BCUT2D eigenvalue weighted by Crippen LogP contribution is -2.50. The molecule has 174 valence electrons. The molecule has 0 aliphatic carbocycles. The van der Waals surface area contributed by atoms with Crippen LogP contribution < -0.4 is 14.4 Å². The van der Waals surface area contributed by atoms with E-state index in [0.717, 1.165) is 5.56 Å². The van der Waals surface area contributed by atoms with Crippen molar-refractivity contribution in [2.45, 2.75) is 33.2 Å². The van der Waals surface area contributed by atoms with E-state index >= 15 is 0 Å². The minimum atomic E-state index is -3.79. The van der Waals surface area contributed by atoms with E-state index in [9.17, 15) is 17.6 Å². The number of nitrogens with one attached hydrogen (secondary N) is 1. The van der Waals surface area contributed by atoms with Gasteiger partial charge in [-0.3, -0.25) is 9.10 Å². The maximum atomic E-state index is 13.4. The summed E-state index contributed by atoms with van der Waals surface area (Å²) in [6.45, 7) is 5.25. The van der Waals surface area contributed by atoms with E-state index in [0.29, 0.717) is 37.4 Å². The number of benzene rings is 2. The maximum absolute atomic E-state index is 13.4. The molecule has 0 saturated carbocycles. The Balaban J connectivity index is 1.66. The van der Waals surface area contributed by atoms with Crippen molar-refractivity contribution in [1.82, 2.24) is 9.62 Å². The van der Waals surface area contributed by atoms with E-state index in [-0.39, 0.29) is 31.4 Å². The van der Waals surface area contributed by atoms with Gasteiger partial charge in [-0.05, 0) is 68.7 Å². The topological polar surface area (TPSA) is 79.0 Å². The second-order valence-corrected chi connectivity index (χ2v) is 9.49. The predicted molar refractivity (Wildman–Crippen MR) is 122 cm³/mol. The molecule has 0 bridgehead atoms. The zero-order valence-corrected chi connectivity index (χ0v) is 19.3. The first kappa shape index (κ1) is 24.0. The number of nitrogens with zero attached hydrogens (tertiary/aromatic N) is 2. The average molecular weight is 464 g/mol. The molecule has 1 fully saturated rings. The van der Waals surface area contributed by atoms with Crippen LogP contribution in [0, 0.1) is 11.7 Å². The van der Waals surface area contributed by atoms with E-state index in [1.165, 1.54) is 20.7 Å². The molecule has 0 radical (unpaired) electrons. The van der Waals surface area contributed by atoms with Crippen LogP contribution in [0.1, 0.15) is 32.3 Å². The summed E-state index contributed by atoms with van der Waals surface area (Å²) in [4.78, 5) is 12.7. The van der Waals surface area contributed by atoms with Crippen molar-refractivity contribution in [2.24, 2.45) is 5.92 Å². The standard InChI is InChI=1S/C23H30FN3O4S/c1-3-27(21-11-13-22(14-12-21)31-4-2)32(29,30)26-15-5-6-19(17-26)23(28)25-16-18-7-9-20(24)10-8-18/h7-14,19H,3-6,15-17H2,1-2H3,(H,25,28)/t19-/m1/s1. The number of carbonyl (C=O) groups is 1. The van der Waals surface area contributed by atoms with Gasteiger partial charge in [0.2, 0.25) is 5.91 Å². The van der Waals surface area contributed by atoms with Crippen LogP contribution >= 0.6 is 0 Å². The molecule has 3 rings (SSSR count). The van der Waals surface area contributed by atoms with Gasteiger partial charge in [-0.1, -0.05) is 12.1 Å². The van der Waals surface area contributed by atoms with Gasteiger partial charge in [-0.25, -0.2) is 4.39 Å². The molecule has 1 atom stereocenters. The Hall–Kier alpha value is -2.65. The van der Waals surface area contributed by atoms with Gasteiger partial charge in [-0.15, -0.1) is 0 Å². The number of piperidine rings is 1. The molecule has 0 spiro atoms. The number of hydrogen-bond acceptors (Lipinski definition) is 4. The molecule has 32 heavy (non-hydrogen) atoms. The largest absolute Gasteiger partial charge is 0.494 e. The predicted octanol–water partition coefficient (Wildman–Crippen LogP) is 3.32. The molecule has 1 aliphatic heterocycles. The van der Waals surface area contributed by atoms with Gasteiger partial charge in [0.1, 0.15) is 11.6 Å². The second kappa shape index (κ2) is 10.8. The highest BCUT2D eigenvalue weighted by Crippen LogP contribution is 2.27. The molecule has 0 aromatic heterocycles. The summed E-state index contributed by atoms with van der Waals surface area (Å²) < 4.78 is 47.9. The third kappa shape index (κ3) is 5.77. The van der Waals surface area contributed by atoms with Gasteiger partial charge >= 0.3 is 10.2 Å². The van der Waals surface area contributed by atoms with Crippen molar-refractivity contribution >= 4 is 21.8 Å². The first-order chi connectivity index (χ1) is 15.3. The van der Waals surface area contributed by atoms with Crippen molar-refractivity contribution < 1.29 is 22.3 Å². The van der Waals surface area contributed by atoms with Gasteiger partial charge in [-0.2, -0.15) is 12.7 Å². The summed E-state index contributed by atoms with van der Waals surface area (Å²) in [6.07, 6.45) is 1.23. The fourth-order valence-corrected chi connectivity index (χ4v) is 5.52. The lowest BCUT2D eigenvalue weighted by atomic mass is 9.99. The minimum Gasteiger partial charge on any atom is -0.494 e. The van der Waals surface area contributed by atoms with Crippen LogP contribution in [0.5, 0.6) is 5.75 Å². The van der Waals surface area contributed by atoms with Gasteiger partial charge in [0.05, 0.1) is 18.2 Å². The molecule has 7 nitrogen and oxygen atoms in total. The Morgan fingerprint density at radius 3 is 2.47 bits per heavy atom. The third-order valence-corrected chi connectivity index (χ3v) is 7.47. The summed E-state index contributed by atoms with van der Waals surface area (Å²) in [6, 6.07) is 12.9. The highest BCUT2D eigenvalue weighted by molar-refractivity contribution is 7.90. The molecule has 9 heteroatoms. The number of ether oxygens (including phenoxy) is 1. The summed E-state index contributed by atoms with van der Waals surface area (Å²) in [5, 5.41) is 2.84. The monoisotopic (exact) mass is 463 g/mol. The van der Waals surface area contributed by atoms with Crippen molar-refractivity contribution in [3.63, 3.8) is 0 Å². The van der Waals surface area contributed by atoms with Gasteiger partial charge < -0.3 is 10.1 Å². The van der Waals surface area contributed by atoms with Crippen molar-refractivity contribution in [1.29, 1.82) is 0 Å². The van der Waals surface area contributed by atoms with Gasteiger partial charge in [0.25, 0.3) is 0 Å². The third-order valence-electron chi connectivity index (χ3n) is 5.46. The van der Waals surface area contributed by atoms with Crippen molar-refractivity contribution in [3.05, 3.63) is 59.9 Å². The molecular formula is C23H30FN3O4S. The first-order valence-electron chi connectivity index (χ1n) is 10.9. The number of amides is 1.